The third-order valence-corrected chi connectivity index (χ3v) is 3.16. The molecular weight excluding hydrogens is 309 g/mol. The quantitative estimate of drug-likeness (QED) is 0.798. The summed E-state index contributed by atoms with van der Waals surface area (Å²) in [6.45, 7) is 0. The van der Waals surface area contributed by atoms with E-state index >= 15 is 0 Å². The van der Waals surface area contributed by atoms with E-state index in [1.807, 2.05) is 0 Å². The van der Waals surface area contributed by atoms with Crippen LogP contribution >= 0.6 is 15.9 Å². The van der Waals surface area contributed by atoms with E-state index < -0.39 is 11.7 Å². The van der Waals surface area contributed by atoms with Gasteiger partial charge in [0, 0.05) is 0 Å². The van der Waals surface area contributed by atoms with Crippen molar-refractivity contribution in [2.24, 2.45) is 0 Å². The predicted octanol–water partition coefficient (Wildman–Crippen LogP) is 4.84. The molecular formula is C13H8BrF3O. The molecule has 0 spiro atoms. The lowest BCUT2D eigenvalue weighted by Gasteiger charge is -2.08. The van der Waals surface area contributed by atoms with Gasteiger partial charge in [0.05, 0.1) is 10.0 Å². The molecule has 0 aromatic heterocycles. The smallest absolute Gasteiger partial charge is 0.416 e. The third kappa shape index (κ3) is 2.67. The number of phenolic OH excluding ortho intramolecular Hbond substituents is 1. The molecule has 0 aliphatic rings. The van der Waals surface area contributed by atoms with Crippen LogP contribution in [-0.4, -0.2) is 5.11 Å². The van der Waals surface area contributed by atoms with Crippen LogP contribution in [0.1, 0.15) is 5.56 Å². The molecule has 0 saturated carbocycles. The average Bonchev–Trinajstić information content (AvgIpc) is 2.32. The van der Waals surface area contributed by atoms with Gasteiger partial charge in [-0.1, -0.05) is 18.2 Å². The van der Waals surface area contributed by atoms with Gasteiger partial charge in [0.1, 0.15) is 5.75 Å². The molecule has 2 aromatic carbocycles. The first-order valence-corrected chi connectivity index (χ1v) is 5.83. The van der Waals surface area contributed by atoms with Crippen molar-refractivity contribution in [3.63, 3.8) is 0 Å². The van der Waals surface area contributed by atoms with Crippen LogP contribution in [0.3, 0.4) is 0 Å². The minimum Gasteiger partial charge on any atom is -0.507 e. The summed E-state index contributed by atoms with van der Waals surface area (Å²) in [5.74, 6) is 0.0485. The van der Waals surface area contributed by atoms with Crippen molar-refractivity contribution in [3.8, 4) is 16.9 Å². The molecule has 0 aliphatic heterocycles. The van der Waals surface area contributed by atoms with E-state index in [0.29, 0.717) is 15.6 Å². The molecule has 0 saturated heterocycles. The maximum Gasteiger partial charge on any atom is 0.416 e. The number of rotatable bonds is 1. The normalized spacial score (nSPS) is 11.6. The van der Waals surface area contributed by atoms with Crippen molar-refractivity contribution in [2.45, 2.75) is 6.18 Å². The van der Waals surface area contributed by atoms with Crippen LogP contribution in [0.15, 0.2) is 46.9 Å². The van der Waals surface area contributed by atoms with Gasteiger partial charge in [-0.25, -0.2) is 0 Å². The Bertz CT molecular complexity index is 561. The second-order valence-electron chi connectivity index (χ2n) is 3.74. The van der Waals surface area contributed by atoms with Gasteiger partial charge in [0.15, 0.2) is 0 Å². The molecule has 1 nitrogen and oxygen atoms in total. The minimum atomic E-state index is -4.33. The van der Waals surface area contributed by atoms with Crippen LogP contribution in [0.25, 0.3) is 11.1 Å². The number of phenols is 1. The van der Waals surface area contributed by atoms with E-state index in [9.17, 15) is 18.3 Å². The summed E-state index contributed by atoms with van der Waals surface area (Å²) in [7, 11) is 0. The molecule has 0 aliphatic carbocycles. The molecule has 0 bridgehead atoms. The summed E-state index contributed by atoms with van der Waals surface area (Å²) in [6.07, 6.45) is -4.33. The molecule has 94 valence electrons. The number of halogens is 4. The summed E-state index contributed by atoms with van der Waals surface area (Å²) < 4.78 is 37.7. The van der Waals surface area contributed by atoms with E-state index in [0.717, 1.165) is 12.1 Å². The topological polar surface area (TPSA) is 20.2 Å². The Morgan fingerprint density at radius 1 is 0.889 bits per heavy atom. The second-order valence-corrected chi connectivity index (χ2v) is 4.60. The van der Waals surface area contributed by atoms with Crippen LogP contribution in [0.5, 0.6) is 5.75 Å². The van der Waals surface area contributed by atoms with Gasteiger partial charge in [0.2, 0.25) is 0 Å². The van der Waals surface area contributed by atoms with Crippen LogP contribution in [0, 0.1) is 0 Å². The standard InChI is InChI=1S/C13H8BrF3O/c14-11-6-3-9(7-12(11)18)8-1-4-10(5-2-8)13(15,16)17/h1-7,18H. The largest absolute Gasteiger partial charge is 0.507 e. The highest BCUT2D eigenvalue weighted by Crippen LogP contribution is 2.33. The van der Waals surface area contributed by atoms with Crippen LogP contribution in [-0.2, 0) is 6.18 Å². The first-order chi connectivity index (χ1) is 8.38. The van der Waals surface area contributed by atoms with Gasteiger partial charge in [-0.05, 0) is 51.3 Å². The van der Waals surface area contributed by atoms with Crippen molar-refractivity contribution in [2.75, 3.05) is 0 Å². The van der Waals surface area contributed by atoms with Crippen molar-refractivity contribution >= 4 is 15.9 Å². The van der Waals surface area contributed by atoms with Gasteiger partial charge < -0.3 is 5.11 Å². The molecule has 0 unspecified atom stereocenters. The Labute approximate surface area is 110 Å². The maximum atomic E-state index is 12.4. The van der Waals surface area contributed by atoms with Crippen molar-refractivity contribution in [1.82, 2.24) is 0 Å². The zero-order valence-electron chi connectivity index (χ0n) is 9.00. The molecule has 18 heavy (non-hydrogen) atoms. The molecule has 0 amide bonds. The van der Waals surface area contributed by atoms with Crippen molar-refractivity contribution < 1.29 is 18.3 Å². The molecule has 2 aromatic rings. The fourth-order valence-corrected chi connectivity index (χ4v) is 1.79. The van der Waals surface area contributed by atoms with Gasteiger partial charge in [-0.3, -0.25) is 0 Å². The van der Waals surface area contributed by atoms with Gasteiger partial charge in [-0.2, -0.15) is 13.2 Å². The Kier molecular flexibility index (Phi) is 3.34. The Morgan fingerprint density at radius 2 is 1.44 bits per heavy atom. The second kappa shape index (κ2) is 4.65. The van der Waals surface area contributed by atoms with E-state index in [1.165, 1.54) is 18.2 Å². The Morgan fingerprint density at radius 3 is 1.94 bits per heavy atom. The monoisotopic (exact) mass is 316 g/mol. The highest BCUT2D eigenvalue weighted by Gasteiger charge is 2.29. The predicted molar refractivity (Wildman–Crippen MR) is 66.2 cm³/mol. The minimum absolute atomic E-state index is 0.0485. The lowest BCUT2D eigenvalue weighted by atomic mass is 10.0. The van der Waals surface area contributed by atoms with Crippen molar-refractivity contribution in [1.29, 1.82) is 0 Å². The first-order valence-electron chi connectivity index (χ1n) is 5.04. The molecule has 1 N–H and O–H groups in total. The van der Waals surface area contributed by atoms with Crippen LogP contribution < -0.4 is 0 Å². The zero-order valence-corrected chi connectivity index (χ0v) is 10.6. The average molecular weight is 317 g/mol. The lowest BCUT2D eigenvalue weighted by Crippen LogP contribution is -2.03. The highest BCUT2D eigenvalue weighted by atomic mass is 79.9. The first kappa shape index (κ1) is 13.0. The van der Waals surface area contributed by atoms with Gasteiger partial charge in [-0.15, -0.1) is 0 Å². The number of hydrogen-bond acceptors (Lipinski definition) is 1. The van der Waals surface area contributed by atoms with Crippen LogP contribution in [0.4, 0.5) is 13.2 Å². The lowest BCUT2D eigenvalue weighted by molar-refractivity contribution is -0.137. The Balaban J connectivity index is 2.37. The number of benzene rings is 2. The molecule has 0 fully saturated rings. The summed E-state index contributed by atoms with van der Waals surface area (Å²) in [4.78, 5) is 0. The third-order valence-electron chi connectivity index (χ3n) is 2.49. The van der Waals surface area contributed by atoms with E-state index in [2.05, 4.69) is 15.9 Å². The number of alkyl halides is 3. The van der Waals surface area contributed by atoms with Gasteiger partial charge in [0.25, 0.3) is 0 Å². The molecule has 5 heteroatoms. The maximum absolute atomic E-state index is 12.4. The summed E-state index contributed by atoms with van der Waals surface area (Å²) in [5.41, 5.74) is 0.586. The van der Waals surface area contributed by atoms with Gasteiger partial charge >= 0.3 is 6.18 Å². The highest BCUT2D eigenvalue weighted by molar-refractivity contribution is 9.10. The summed E-state index contributed by atoms with van der Waals surface area (Å²) >= 11 is 3.14. The molecule has 0 radical (unpaired) electrons. The number of hydrogen-bond donors (Lipinski definition) is 1. The SMILES string of the molecule is Oc1cc(-c2ccc(C(F)(F)F)cc2)ccc1Br. The summed E-state index contributed by atoms with van der Waals surface area (Å²) in [6, 6.07) is 9.65. The molecule has 2 rings (SSSR count). The number of aromatic hydroxyl groups is 1. The Hall–Kier alpha value is -1.49. The zero-order chi connectivity index (χ0) is 13.3. The fraction of sp³-hybridized carbons (Fsp3) is 0.0769. The molecule has 0 heterocycles. The van der Waals surface area contributed by atoms with Crippen LogP contribution in [0.2, 0.25) is 0 Å². The van der Waals surface area contributed by atoms with E-state index in [-0.39, 0.29) is 5.75 Å². The van der Waals surface area contributed by atoms with Crippen molar-refractivity contribution in [3.05, 3.63) is 52.5 Å². The van der Waals surface area contributed by atoms with E-state index in [4.69, 9.17) is 0 Å². The fourth-order valence-electron chi connectivity index (χ4n) is 1.54. The van der Waals surface area contributed by atoms with E-state index in [1.54, 1.807) is 12.1 Å². The molecule has 0 atom stereocenters. The summed E-state index contributed by atoms with van der Waals surface area (Å²) in [5, 5.41) is 9.52.